The number of rotatable bonds is 3. The zero-order chi connectivity index (χ0) is 21.2. The number of ether oxygens (including phenoxy) is 1. The number of benzene rings is 1. The number of carbonyl (C=O) groups is 1. The van der Waals surface area contributed by atoms with Gasteiger partial charge in [-0.2, -0.15) is 5.10 Å². The van der Waals surface area contributed by atoms with Crippen LogP contribution in [0.25, 0.3) is 5.65 Å². The molecule has 0 bridgehead atoms. The quantitative estimate of drug-likeness (QED) is 0.640. The van der Waals surface area contributed by atoms with Crippen molar-refractivity contribution in [1.29, 1.82) is 0 Å². The van der Waals surface area contributed by atoms with Gasteiger partial charge in [-0.05, 0) is 33.0 Å². The van der Waals surface area contributed by atoms with Gasteiger partial charge in [-0.1, -0.05) is 11.6 Å². The molecule has 5 rings (SSSR count). The van der Waals surface area contributed by atoms with Crippen molar-refractivity contribution in [1.82, 2.24) is 24.4 Å². The van der Waals surface area contributed by atoms with Gasteiger partial charge in [-0.3, -0.25) is 9.69 Å². The molecule has 2 aromatic heterocycles. The summed E-state index contributed by atoms with van der Waals surface area (Å²) in [5.74, 6) is -0.353. The first-order chi connectivity index (χ1) is 14.3. The first kappa shape index (κ1) is 19.3. The van der Waals surface area contributed by atoms with Crippen molar-refractivity contribution in [3.05, 3.63) is 57.2 Å². The fourth-order valence-electron chi connectivity index (χ4n) is 4.09. The monoisotopic (exact) mass is 429 g/mol. The Morgan fingerprint density at radius 2 is 2.03 bits per heavy atom. The number of likely N-dealkylation sites (N-methyl/N-ethyl adjacent to an activating group) is 1. The van der Waals surface area contributed by atoms with Crippen LogP contribution < -0.4 is 4.74 Å². The van der Waals surface area contributed by atoms with Crippen LogP contribution in [0.15, 0.2) is 18.2 Å². The Bertz CT molecular complexity index is 1190. The maximum Gasteiger partial charge on any atom is 0.258 e. The number of nitrogens with zero attached hydrogens (tertiary/aromatic N) is 5. The minimum Gasteiger partial charge on any atom is -0.487 e. The number of aryl methyl sites for hydroxylation is 2. The molecular formula is C21H21ClFN5O2. The lowest BCUT2D eigenvalue weighted by Gasteiger charge is -2.36. The second-order valence-corrected chi connectivity index (χ2v) is 8.40. The molecule has 2 aliphatic rings. The van der Waals surface area contributed by atoms with Gasteiger partial charge >= 0.3 is 0 Å². The van der Waals surface area contributed by atoms with E-state index in [9.17, 15) is 9.18 Å². The maximum atomic E-state index is 13.8. The van der Waals surface area contributed by atoms with Gasteiger partial charge in [0.05, 0.1) is 40.8 Å². The Balaban J connectivity index is 1.43. The van der Waals surface area contributed by atoms with E-state index in [1.165, 1.54) is 18.2 Å². The van der Waals surface area contributed by atoms with Gasteiger partial charge in [-0.15, -0.1) is 0 Å². The zero-order valence-electron chi connectivity index (χ0n) is 16.9. The molecule has 2 aliphatic heterocycles. The lowest BCUT2D eigenvalue weighted by Crippen LogP contribution is -2.51. The summed E-state index contributed by atoms with van der Waals surface area (Å²) in [6, 6.07) is 4.06. The van der Waals surface area contributed by atoms with E-state index in [0.717, 1.165) is 35.7 Å². The Morgan fingerprint density at radius 3 is 2.77 bits per heavy atom. The highest BCUT2D eigenvalue weighted by atomic mass is 35.5. The van der Waals surface area contributed by atoms with E-state index in [0.29, 0.717) is 29.3 Å². The molecule has 3 aromatic rings. The van der Waals surface area contributed by atoms with Crippen molar-refractivity contribution in [2.24, 2.45) is 0 Å². The van der Waals surface area contributed by atoms with Crippen molar-refractivity contribution < 1.29 is 13.9 Å². The number of hydrogen-bond acceptors (Lipinski definition) is 5. The summed E-state index contributed by atoms with van der Waals surface area (Å²) >= 11 is 6.30. The second kappa shape index (κ2) is 6.92. The SMILES string of the molecule is Cc1nc2c3c(nn2c(C)c1Cl)CN(C(=O)c1ccc(F)cc1OC1CN(C)C1)C3. The van der Waals surface area contributed by atoms with Crippen LogP contribution >= 0.6 is 11.6 Å². The Morgan fingerprint density at radius 1 is 1.27 bits per heavy atom. The lowest BCUT2D eigenvalue weighted by molar-refractivity contribution is 0.0371. The molecule has 7 nitrogen and oxygen atoms in total. The van der Waals surface area contributed by atoms with E-state index in [1.54, 1.807) is 9.42 Å². The molecule has 1 fully saturated rings. The molecule has 0 spiro atoms. The predicted octanol–water partition coefficient (Wildman–Crippen LogP) is 2.99. The van der Waals surface area contributed by atoms with E-state index in [1.807, 2.05) is 20.9 Å². The zero-order valence-corrected chi connectivity index (χ0v) is 17.7. The molecule has 30 heavy (non-hydrogen) atoms. The van der Waals surface area contributed by atoms with Crippen LogP contribution in [0.2, 0.25) is 5.02 Å². The molecule has 4 heterocycles. The third-order valence-corrected chi connectivity index (χ3v) is 6.29. The lowest BCUT2D eigenvalue weighted by atomic mass is 10.1. The normalized spacial score (nSPS) is 16.8. The summed E-state index contributed by atoms with van der Waals surface area (Å²) in [4.78, 5) is 21.6. The van der Waals surface area contributed by atoms with Gasteiger partial charge in [0.15, 0.2) is 5.65 Å². The summed E-state index contributed by atoms with van der Waals surface area (Å²) in [5, 5.41) is 5.20. The Labute approximate surface area is 178 Å². The van der Waals surface area contributed by atoms with Crippen LogP contribution in [0.1, 0.15) is 33.0 Å². The van der Waals surface area contributed by atoms with Gasteiger partial charge in [0, 0.05) is 24.7 Å². The van der Waals surface area contributed by atoms with Crippen molar-refractivity contribution >= 4 is 23.2 Å². The third-order valence-electron chi connectivity index (χ3n) is 5.74. The Hall–Kier alpha value is -2.71. The van der Waals surface area contributed by atoms with Crippen LogP contribution in [0.4, 0.5) is 4.39 Å². The average molecular weight is 430 g/mol. The molecule has 0 aliphatic carbocycles. The van der Waals surface area contributed by atoms with E-state index in [2.05, 4.69) is 15.0 Å². The number of carbonyl (C=O) groups excluding carboxylic acids is 1. The molecule has 0 atom stereocenters. The number of hydrogen-bond donors (Lipinski definition) is 0. The number of fused-ring (bicyclic) bond motifs is 3. The molecule has 1 amide bonds. The molecule has 156 valence electrons. The van der Waals surface area contributed by atoms with Gasteiger partial charge in [0.1, 0.15) is 17.7 Å². The number of likely N-dealkylation sites (tertiary alicyclic amines) is 1. The van der Waals surface area contributed by atoms with Crippen molar-refractivity contribution in [3.63, 3.8) is 0 Å². The molecule has 1 aromatic carbocycles. The molecule has 9 heteroatoms. The summed E-state index contributed by atoms with van der Waals surface area (Å²) < 4.78 is 21.5. The molecule has 0 unspecified atom stereocenters. The smallest absolute Gasteiger partial charge is 0.258 e. The molecule has 0 radical (unpaired) electrons. The standard InChI is InChI=1S/C21H21ClFN5O2/c1-11-19(22)12(2)28-20(24-11)16-9-27(10-17(16)25-28)21(29)15-5-4-13(23)6-18(15)30-14-7-26(3)8-14/h4-6,14H,7-10H2,1-3H3. The van der Waals surface area contributed by atoms with Crippen LogP contribution in [-0.4, -0.2) is 56.5 Å². The topological polar surface area (TPSA) is 63.0 Å². The van der Waals surface area contributed by atoms with Crippen molar-refractivity contribution in [3.8, 4) is 5.75 Å². The van der Waals surface area contributed by atoms with Crippen LogP contribution in [0.5, 0.6) is 5.75 Å². The minimum atomic E-state index is -0.427. The number of halogens is 2. The number of amides is 1. The minimum absolute atomic E-state index is 0.0387. The summed E-state index contributed by atoms with van der Waals surface area (Å²) in [7, 11) is 1.99. The first-order valence-electron chi connectivity index (χ1n) is 9.79. The van der Waals surface area contributed by atoms with E-state index in [-0.39, 0.29) is 17.8 Å². The summed E-state index contributed by atoms with van der Waals surface area (Å²) in [6.07, 6.45) is -0.0387. The molecule has 1 saturated heterocycles. The summed E-state index contributed by atoms with van der Waals surface area (Å²) in [6.45, 7) is 6.00. The fraction of sp³-hybridized carbons (Fsp3) is 0.381. The average Bonchev–Trinajstić information content (AvgIpc) is 3.24. The highest BCUT2D eigenvalue weighted by Gasteiger charge is 2.33. The number of aromatic nitrogens is 3. The fourth-order valence-corrected chi connectivity index (χ4v) is 4.22. The van der Waals surface area contributed by atoms with Gasteiger partial charge < -0.3 is 9.64 Å². The second-order valence-electron chi connectivity index (χ2n) is 8.02. The molecule has 0 N–H and O–H groups in total. The van der Waals surface area contributed by atoms with Gasteiger partial charge in [0.25, 0.3) is 5.91 Å². The van der Waals surface area contributed by atoms with Crippen LogP contribution in [-0.2, 0) is 13.1 Å². The van der Waals surface area contributed by atoms with E-state index < -0.39 is 5.82 Å². The van der Waals surface area contributed by atoms with Crippen LogP contribution in [0.3, 0.4) is 0 Å². The highest BCUT2D eigenvalue weighted by Crippen LogP contribution is 2.32. The first-order valence-corrected chi connectivity index (χ1v) is 10.2. The van der Waals surface area contributed by atoms with E-state index in [4.69, 9.17) is 16.3 Å². The summed E-state index contributed by atoms with van der Waals surface area (Å²) in [5.41, 5.74) is 4.34. The third kappa shape index (κ3) is 3.02. The van der Waals surface area contributed by atoms with Crippen LogP contribution in [0, 0.1) is 19.7 Å². The van der Waals surface area contributed by atoms with Crippen molar-refractivity contribution in [2.75, 3.05) is 20.1 Å². The predicted molar refractivity (Wildman–Crippen MR) is 109 cm³/mol. The largest absolute Gasteiger partial charge is 0.487 e. The Kier molecular flexibility index (Phi) is 4.44. The van der Waals surface area contributed by atoms with Gasteiger partial charge in [0.2, 0.25) is 0 Å². The van der Waals surface area contributed by atoms with E-state index >= 15 is 0 Å². The highest BCUT2D eigenvalue weighted by molar-refractivity contribution is 6.31. The molecular weight excluding hydrogens is 409 g/mol. The van der Waals surface area contributed by atoms with Crippen molar-refractivity contribution in [2.45, 2.75) is 33.0 Å². The van der Waals surface area contributed by atoms with Gasteiger partial charge in [-0.25, -0.2) is 13.9 Å². The molecule has 0 saturated carbocycles. The maximum absolute atomic E-state index is 13.8.